The summed E-state index contributed by atoms with van der Waals surface area (Å²) in [5.74, 6) is 2.06. The Balaban J connectivity index is 1.55. The van der Waals surface area contributed by atoms with Gasteiger partial charge in [0.2, 0.25) is 17.5 Å². The molecule has 1 aromatic heterocycles. The number of likely N-dealkylation sites (tertiary alicyclic amines) is 1. The first-order valence-corrected chi connectivity index (χ1v) is 10.6. The number of amides is 1. The van der Waals surface area contributed by atoms with Gasteiger partial charge >= 0.3 is 0 Å². The Morgan fingerprint density at radius 1 is 1.06 bits per heavy atom. The van der Waals surface area contributed by atoms with Crippen molar-refractivity contribution in [2.45, 2.75) is 18.8 Å². The number of halogens is 1. The van der Waals surface area contributed by atoms with E-state index in [0.717, 1.165) is 18.4 Å². The van der Waals surface area contributed by atoms with Crippen molar-refractivity contribution in [3.05, 3.63) is 52.9 Å². The Morgan fingerprint density at radius 3 is 2.50 bits per heavy atom. The first-order valence-electron chi connectivity index (χ1n) is 10.2. The summed E-state index contributed by atoms with van der Waals surface area (Å²) in [7, 11) is 4.56. The van der Waals surface area contributed by atoms with E-state index in [1.807, 2.05) is 12.1 Å². The van der Waals surface area contributed by atoms with Crippen LogP contribution >= 0.6 is 11.6 Å². The van der Waals surface area contributed by atoms with E-state index in [4.69, 9.17) is 30.3 Å². The summed E-state index contributed by atoms with van der Waals surface area (Å²) in [6, 6.07) is 10.6. The van der Waals surface area contributed by atoms with Crippen LogP contribution in [0.3, 0.4) is 0 Å². The predicted molar refractivity (Wildman–Crippen MR) is 119 cm³/mol. The van der Waals surface area contributed by atoms with Crippen LogP contribution in [0.15, 0.2) is 40.9 Å². The summed E-state index contributed by atoms with van der Waals surface area (Å²) in [6.45, 7) is 1.10. The van der Waals surface area contributed by atoms with E-state index in [1.165, 1.54) is 21.3 Å². The standard InChI is InChI=1S/C23H24ClN3O5/c1-29-18-11-10-17(19(30-2)20(18)31-3)23(28)27-12-4-5-15(13-27)22-25-21(26-32-22)14-6-8-16(24)9-7-14/h6-11,15H,4-5,12-13H2,1-3H3/t15-/m1/s1. The summed E-state index contributed by atoms with van der Waals surface area (Å²) in [4.78, 5) is 19.7. The molecular weight excluding hydrogens is 434 g/mol. The molecular formula is C23H24ClN3O5. The molecule has 8 nitrogen and oxygen atoms in total. The molecule has 4 rings (SSSR count). The third kappa shape index (κ3) is 4.23. The monoisotopic (exact) mass is 457 g/mol. The number of hydrogen-bond acceptors (Lipinski definition) is 7. The fourth-order valence-corrected chi connectivity index (χ4v) is 4.05. The second-order valence-corrected chi connectivity index (χ2v) is 7.87. The number of carbonyl (C=O) groups is 1. The van der Waals surface area contributed by atoms with Gasteiger partial charge in [-0.15, -0.1) is 0 Å². The molecule has 0 spiro atoms. The Labute approximate surface area is 191 Å². The van der Waals surface area contributed by atoms with Crippen molar-refractivity contribution in [2.24, 2.45) is 0 Å². The molecule has 1 atom stereocenters. The van der Waals surface area contributed by atoms with Crippen molar-refractivity contribution >= 4 is 17.5 Å². The first-order chi connectivity index (χ1) is 15.5. The van der Waals surface area contributed by atoms with Crippen molar-refractivity contribution in [3.63, 3.8) is 0 Å². The molecule has 2 aromatic carbocycles. The molecule has 0 radical (unpaired) electrons. The number of aromatic nitrogens is 2. The van der Waals surface area contributed by atoms with E-state index in [1.54, 1.807) is 29.2 Å². The predicted octanol–water partition coefficient (Wildman–Crippen LogP) is 4.44. The molecule has 0 unspecified atom stereocenters. The zero-order chi connectivity index (χ0) is 22.7. The fourth-order valence-electron chi connectivity index (χ4n) is 3.92. The Kier molecular flexibility index (Phi) is 6.50. The number of rotatable bonds is 6. The fraction of sp³-hybridized carbons (Fsp3) is 0.348. The average molecular weight is 458 g/mol. The van der Waals surface area contributed by atoms with Crippen LogP contribution in [0.5, 0.6) is 17.2 Å². The van der Waals surface area contributed by atoms with Gasteiger partial charge in [0.25, 0.3) is 5.91 Å². The first kappa shape index (κ1) is 22.0. The van der Waals surface area contributed by atoms with Crippen molar-refractivity contribution in [3.8, 4) is 28.6 Å². The van der Waals surface area contributed by atoms with E-state index < -0.39 is 0 Å². The summed E-state index contributed by atoms with van der Waals surface area (Å²) >= 11 is 5.95. The molecule has 3 aromatic rings. The molecule has 0 bridgehead atoms. The van der Waals surface area contributed by atoms with Gasteiger partial charge in [0, 0.05) is 23.7 Å². The lowest BCUT2D eigenvalue weighted by Crippen LogP contribution is -2.39. The van der Waals surface area contributed by atoms with Crippen molar-refractivity contribution in [2.75, 3.05) is 34.4 Å². The minimum atomic E-state index is -0.148. The zero-order valence-electron chi connectivity index (χ0n) is 18.1. The van der Waals surface area contributed by atoms with E-state index in [9.17, 15) is 4.79 Å². The molecule has 2 heterocycles. The quantitative estimate of drug-likeness (QED) is 0.540. The van der Waals surface area contributed by atoms with Crippen LogP contribution in [0.1, 0.15) is 35.0 Å². The lowest BCUT2D eigenvalue weighted by Gasteiger charge is -2.31. The molecule has 0 saturated carbocycles. The van der Waals surface area contributed by atoms with Crippen molar-refractivity contribution in [1.82, 2.24) is 15.0 Å². The SMILES string of the molecule is COc1ccc(C(=O)N2CCC[C@@H](c3nc(-c4ccc(Cl)cc4)no3)C2)c(OC)c1OC. The van der Waals surface area contributed by atoms with Crippen LogP contribution in [-0.4, -0.2) is 55.4 Å². The van der Waals surface area contributed by atoms with E-state index in [-0.39, 0.29) is 11.8 Å². The Hall–Kier alpha value is -3.26. The van der Waals surface area contributed by atoms with Gasteiger partial charge in [0.1, 0.15) is 0 Å². The number of hydrogen-bond donors (Lipinski definition) is 0. The largest absolute Gasteiger partial charge is 0.493 e. The maximum Gasteiger partial charge on any atom is 0.257 e. The third-order valence-electron chi connectivity index (χ3n) is 5.54. The third-order valence-corrected chi connectivity index (χ3v) is 5.79. The lowest BCUT2D eigenvalue weighted by atomic mass is 9.97. The average Bonchev–Trinajstić information content (AvgIpc) is 3.33. The molecule has 0 N–H and O–H groups in total. The van der Waals surface area contributed by atoms with Crippen LogP contribution in [0.2, 0.25) is 5.02 Å². The Bertz CT molecular complexity index is 1100. The highest BCUT2D eigenvalue weighted by molar-refractivity contribution is 6.30. The molecule has 1 saturated heterocycles. The van der Waals surface area contributed by atoms with Crippen molar-refractivity contribution < 1.29 is 23.5 Å². The zero-order valence-corrected chi connectivity index (χ0v) is 18.9. The summed E-state index contributed by atoms with van der Waals surface area (Å²) < 4.78 is 21.8. The van der Waals surface area contributed by atoms with E-state index in [0.29, 0.717) is 52.6 Å². The minimum absolute atomic E-state index is 0.0487. The van der Waals surface area contributed by atoms with Gasteiger partial charge in [-0.2, -0.15) is 4.98 Å². The van der Waals surface area contributed by atoms with Gasteiger partial charge in [0.15, 0.2) is 11.5 Å². The van der Waals surface area contributed by atoms with Crippen LogP contribution in [0, 0.1) is 0 Å². The van der Waals surface area contributed by atoms with Crippen LogP contribution in [0.4, 0.5) is 0 Å². The van der Waals surface area contributed by atoms with Crippen LogP contribution < -0.4 is 14.2 Å². The van der Waals surface area contributed by atoms with Gasteiger partial charge < -0.3 is 23.6 Å². The minimum Gasteiger partial charge on any atom is -0.493 e. The molecule has 1 aliphatic heterocycles. The van der Waals surface area contributed by atoms with Gasteiger partial charge in [-0.1, -0.05) is 16.8 Å². The molecule has 32 heavy (non-hydrogen) atoms. The van der Waals surface area contributed by atoms with Gasteiger partial charge in [0.05, 0.1) is 32.8 Å². The van der Waals surface area contributed by atoms with Gasteiger partial charge in [-0.3, -0.25) is 4.79 Å². The second-order valence-electron chi connectivity index (χ2n) is 7.44. The molecule has 168 valence electrons. The summed E-state index contributed by atoms with van der Waals surface area (Å²) in [6.07, 6.45) is 1.68. The maximum atomic E-state index is 13.4. The number of nitrogens with zero attached hydrogens (tertiary/aromatic N) is 3. The topological polar surface area (TPSA) is 86.9 Å². The van der Waals surface area contributed by atoms with Crippen molar-refractivity contribution in [1.29, 1.82) is 0 Å². The normalized spacial score (nSPS) is 16.0. The highest BCUT2D eigenvalue weighted by Gasteiger charge is 2.31. The lowest BCUT2D eigenvalue weighted by molar-refractivity contribution is 0.0691. The molecule has 1 fully saturated rings. The van der Waals surface area contributed by atoms with Crippen LogP contribution in [-0.2, 0) is 0 Å². The number of benzene rings is 2. The second kappa shape index (κ2) is 9.48. The maximum absolute atomic E-state index is 13.4. The molecule has 9 heteroatoms. The highest BCUT2D eigenvalue weighted by atomic mass is 35.5. The van der Waals surface area contributed by atoms with E-state index >= 15 is 0 Å². The Morgan fingerprint density at radius 2 is 1.81 bits per heavy atom. The smallest absolute Gasteiger partial charge is 0.257 e. The number of ether oxygens (including phenoxy) is 3. The number of methoxy groups -OCH3 is 3. The molecule has 0 aliphatic carbocycles. The van der Waals surface area contributed by atoms with Gasteiger partial charge in [-0.05, 0) is 49.2 Å². The van der Waals surface area contributed by atoms with E-state index in [2.05, 4.69) is 10.1 Å². The number of carbonyl (C=O) groups excluding carboxylic acids is 1. The number of piperidine rings is 1. The highest BCUT2D eigenvalue weighted by Crippen LogP contribution is 2.40. The molecule has 1 amide bonds. The van der Waals surface area contributed by atoms with Crippen LogP contribution in [0.25, 0.3) is 11.4 Å². The molecule has 1 aliphatic rings. The summed E-state index contributed by atoms with van der Waals surface area (Å²) in [5, 5.41) is 4.75. The van der Waals surface area contributed by atoms with Gasteiger partial charge in [-0.25, -0.2) is 0 Å². The summed E-state index contributed by atoms with van der Waals surface area (Å²) in [5.41, 5.74) is 1.24.